The molecule has 0 saturated heterocycles. The first kappa shape index (κ1) is 28.6. The average molecular weight is 727 g/mol. The summed E-state index contributed by atoms with van der Waals surface area (Å²) in [6, 6.07) is 58.7. The van der Waals surface area contributed by atoms with E-state index < -0.39 is 0 Å². The fourth-order valence-corrected chi connectivity index (χ4v) is 13.0. The van der Waals surface area contributed by atoms with Gasteiger partial charge in [-0.25, -0.2) is 0 Å². The predicted molar refractivity (Wildman–Crippen MR) is 234 cm³/mol. The molecule has 0 amide bonds. The van der Waals surface area contributed by atoms with E-state index in [1.54, 1.807) is 0 Å². The van der Waals surface area contributed by atoms with Gasteiger partial charge in [0.15, 0.2) is 0 Å². The van der Waals surface area contributed by atoms with Gasteiger partial charge < -0.3 is 9.13 Å². The molecule has 2 nitrogen and oxygen atoms in total. The van der Waals surface area contributed by atoms with Crippen molar-refractivity contribution < 1.29 is 0 Å². The molecule has 0 aliphatic heterocycles. The average Bonchev–Trinajstić information content (AvgIpc) is 4.01. The van der Waals surface area contributed by atoms with Crippen LogP contribution < -0.4 is 0 Å². The zero-order valence-corrected chi connectivity index (χ0v) is 30.6. The highest BCUT2D eigenvalue weighted by Gasteiger charge is 2.23. The number of hydrogen-bond acceptors (Lipinski definition) is 3. The van der Waals surface area contributed by atoms with Crippen LogP contribution in [-0.2, 0) is 0 Å². The molecule has 0 N–H and O–H groups in total. The second-order valence-electron chi connectivity index (χ2n) is 14.0. The minimum atomic E-state index is 1.25. The molecule has 0 bridgehead atoms. The Hall–Kier alpha value is -5.98. The van der Waals surface area contributed by atoms with Crippen molar-refractivity contribution >= 4 is 138 Å². The fraction of sp³-hybridized carbons (Fsp3) is 0. The summed E-state index contributed by atoms with van der Waals surface area (Å²) in [5.41, 5.74) is 7.49. The SMILES string of the molecule is c1ccc2c(c1)sc1c(-n3c4ccccc4c4c5sc6c(ccc7c6c6ccccc6n7-c6cccc7c6sc6ccccc67)c5ccc43)cccc12. The summed E-state index contributed by atoms with van der Waals surface area (Å²) >= 11 is 5.75. The van der Waals surface area contributed by atoms with Gasteiger partial charge in [0, 0.05) is 72.7 Å². The van der Waals surface area contributed by atoms with Crippen LogP contribution in [0.25, 0.3) is 116 Å². The number of rotatable bonds is 2. The van der Waals surface area contributed by atoms with Gasteiger partial charge in [-0.3, -0.25) is 0 Å². The van der Waals surface area contributed by atoms with E-state index in [-0.39, 0.29) is 0 Å². The maximum absolute atomic E-state index is 2.51. The van der Waals surface area contributed by atoms with E-state index in [0.717, 1.165) is 0 Å². The molecule has 13 rings (SSSR count). The van der Waals surface area contributed by atoms with Crippen molar-refractivity contribution in [2.75, 3.05) is 0 Å². The van der Waals surface area contributed by atoms with Gasteiger partial charge in [0.1, 0.15) is 0 Å². The van der Waals surface area contributed by atoms with E-state index in [1.807, 2.05) is 34.0 Å². The molecule has 0 fully saturated rings. The Bertz CT molecular complexity index is 3450. The minimum absolute atomic E-state index is 1.25. The van der Waals surface area contributed by atoms with Crippen LogP contribution in [0.1, 0.15) is 0 Å². The number of benzene rings is 8. The molecule has 0 radical (unpaired) electrons. The number of hydrogen-bond donors (Lipinski definition) is 0. The highest BCUT2D eigenvalue weighted by molar-refractivity contribution is 7.28. The molecule has 0 aliphatic carbocycles. The zero-order valence-electron chi connectivity index (χ0n) is 28.1. The molecule has 0 unspecified atom stereocenters. The summed E-state index contributed by atoms with van der Waals surface area (Å²) in [5.74, 6) is 0. The minimum Gasteiger partial charge on any atom is -0.308 e. The molecule has 53 heavy (non-hydrogen) atoms. The van der Waals surface area contributed by atoms with Crippen LogP contribution in [0.15, 0.2) is 158 Å². The third kappa shape index (κ3) is 3.66. The monoisotopic (exact) mass is 726 g/mol. The van der Waals surface area contributed by atoms with E-state index in [9.17, 15) is 0 Å². The van der Waals surface area contributed by atoms with Crippen LogP contribution in [0.3, 0.4) is 0 Å². The summed E-state index contributed by atoms with van der Waals surface area (Å²) in [6.45, 7) is 0. The summed E-state index contributed by atoms with van der Waals surface area (Å²) < 4.78 is 13.0. The van der Waals surface area contributed by atoms with Gasteiger partial charge in [0.2, 0.25) is 0 Å². The van der Waals surface area contributed by atoms with Gasteiger partial charge >= 0.3 is 0 Å². The Labute approximate surface area is 314 Å². The molecule has 8 aromatic carbocycles. The number of fused-ring (bicyclic) bond motifs is 17. The van der Waals surface area contributed by atoms with Crippen LogP contribution in [-0.4, -0.2) is 9.13 Å². The Kier molecular flexibility index (Phi) is 5.57. The molecular formula is C48H26N2S3. The zero-order chi connectivity index (χ0) is 34.4. The van der Waals surface area contributed by atoms with Gasteiger partial charge in [0.25, 0.3) is 0 Å². The van der Waals surface area contributed by atoms with Crippen molar-refractivity contribution in [3.8, 4) is 11.4 Å². The van der Waals surface area contributed by atoms with E-state index in [2.05, 4.69) is 167 Å². The maximum Gasteiger partial charge on any atom is 0.0640 e. The van der Waals surface area contributed by atoms with Crippen molar-refractivity contribution in [2.45, 2.75) is 0 Å². The summed E-state index contributed by atoms with van der Waals surface area (Å²) in [5, 5.41) is 13.2. The standard InChI is InChI=1S/C48H26N2S3/c1-5-17-35-33(13-1)43-37(49(35)39-19-9-15-29-27-11-3-7-21-41(27)51-45(29)39)25-23-31-32-24-26-38-44(48(32)53-47(31)43)34-14-2-6-18-36(34)50(38)40-20-10-16-30-28-12-4-8-22-42(28)52-46(30)40/h1-26H. The lowest BCUT2D eigenvalue weighted by atomic mass is 10.1. The third-order valence-corrected chi connectivity index (χ3v) is 15.0. The van der Waals surface area contributed by atoms with E-state index in [0.29, 0.717) is 0 Å². The van der Waals surface area contributed by atoms with Gasteiger partial charge in [-0.2, -0.15) is 0 Å². The fourth-order valence-electron chi connectivity index (χ4n) is 9.13. The smallest absolute Gasteiger partial charge is 0.0640 e. The van der Waals surface area contributed by atoms with E-state index in [1.165, 1.54) is 116 Å². The summed E-state index contributed by atoms with van der Waals surface area (Å²) in [7, 11) is 0. The highest BCUT2D eigenvalue weighted by atomic mass is 32.1. The second kappa shape index (κ2) is 10.3. The Balaban J connectivity index is 1.14. The van der Waals surface area contributed by atoms with Crippen molar-refractivity contribution in [1.29, 1.82) is 0 Å². The number of para-hydroxylation sites is 2. The molecule has 5 heteroatoms. The van der Waals surface area contributed by atoms with Crippen LogP contribution in [0, 0.1) is 0 Å². The van der Waals surface area contributed by atoms with Gasteiger partial charge in [-0.1, -0.05) is 109 Å². The van der Waals surface area contributed by atoms with Crippen molar-refractivity contribution in [3.63, 3.8) is 0 Å². The van der Waals surface area contributed by atoms with Crippen molar-refractivity contribution in [2.24, 2.45) is 0 Å². The molecule has 5 aromatic heterocycles. The molecule has 246 valence electrons. The third-order valence-electron chi connectivity index (χ3n) is 11.3. The summed E-state index contributed by atoms with van der Waals surface area (Å²) in [4.78, 5) is 0. The molecule has 0 saturated carbocycles. The summed E-state index contributed by atoms with van der Waals surface area (Å²) in [6.07, 6.45) is 0. The first-order chi connectivity index (χ1) is 26.3. The predicted octanol–water partition coefficient (Wildman–Crippen LogP) is 15.0. The number of nitrogens with zero attached hydrogens (tertiary/aromatic N) is 2. The second-order valence-corrected chi connectivity index (χ2v) is 17.1. The van der Waals surface area contributed by atoms with Crippen molar-refractivity contribution in [3.05, 3.63) is 158 Å². The largest absolute Gasteiger partial charge is 0.308 e. The molecule has 0 atom stereocenters. The first-order valence-corrected chi connectivity index (χ1v) is 20.4. The Morgan fingerprint density at radius 3 is 1.15 bits per heavy atom. The van der Waals surface area contributed by atoms with Crippen LogP contribution in [0.2, 0.25) is 0 Å². The van der Waals surface area contributed by atoms with Gasteiger partial charge in [-0.05, 0) is 48.5 Å². The Morgan fingerprint density at radius 1 is 0.264 bits per heavy atom. The lowest BCUT2D eigenvalue weighted by molar-refractivity contribution is 1.20. The quantitative estimate of drug-likeness (QED) is 0.168. The van der Waals surface area contributed by atoms with Crippen LogP contribution >= 0.6 is 34.0 Å². The van der Waals surface area contributed by atoms with Crippen LogP contribution in [0.4, 0.5) is 0 Å². The highest BCUT2D eigenvalue weighted by Crippen LogP contribution is 2.49. The normalized spacial score (nSPS) is 12.5. The van der Waals surface area contributed by atoms with Gasteiger partial charge in [-0.15, -0.1) is 34.0 Å². The number of thiophene rings is 3. The van der Waals surface area contributed by atoms with E-state index >= 15 is 0 Å². The molecular weight excluding hydrogens is 701 g/mol. The molecule has 0 spiro atoms. The molecule has 5 heterocycles. The van der Waals surface area contributed by atoms with E-state index in [4.69, 9.17) is 0 Å². The Morgan fingerprint density at radius 2 is 0.660 bits per heavy atom. The number of aromatic nitrogens is 2. The maximum atomic E-state index is 2.51. The lowest BCUT2D eigenvalue weighted by Gasteiger charge is -2.09. The van der Waals surface area contributed by atoms with Crippen LogP contribution in [0.5, 0.6) is 0 Å². The molecule has 0 aliphatic rings. The first-order valence-electron chi connectivity index (χ1n) is 17.9. The topological polar surface area (TPSA) is 9.86 Å². The molecule has 13 aromatic rings. The van der Waals surface area contributed by atoms with Gasteiger partial charge in [0.05, 0.1) is 42.8 Å². The van der Waals surface area contributed by atoms with Crippen molar-refractivity contribution in [1.82, 2.24) is 9.13 Å². The lowest BCUT2D eigenvalue weighted by Crippen LogP contribution is -1.93.